The number of hydrogen-bond donors (Lipinski definition) is 0. The molecular formula is C10H21NO2S. The molecule has 84 valence electrons. The number of rotatable bonds is 2. The molecule has 14 heavy (non-hydrogen) atoms. The molecule has 1 rings (SSSR count). The van der Waals surface area contributed by atoms with E-state index in [1.165, 1.54) is 6.26 Å². The quantitative estimate of drug-likeness (QED) is 0.702. The zero-order valence-corrected chi connectivity index (χ0v) is 10.3. The van der Waals surface area contributed by atoms with Crippen LogP contribution < -0.4 is 0 Å². The lowest BCUT2D eigenvalue weighted by molar-refractivity contribution is 0.125. The second-order valence-electron chi connectivity index (χ2n) is 4.66. The molecule has 0 amide bonds. The molecule has 1 fully saturated rings. The van der Waals surface area contributed by atoms with E-state index in [-0.39, 0.29) is 5.25 Å². The van der Waals surface area contributed by atoms with Crippen LogP contribution in [0.3, 0.4) is 0 Å². The van der Waals surface area contributed by atoms with Crippen molar-refractivity contribution in [3.05, 3.63) is 0 Å². The van der Waals surface area contributed by atoms with Crippen molar-refractivity contribution in [3.63, 3.8) is 0 Å². The fraction of sp³-hybridized carbons (Fsp3) is 1.00. The normalized spacial score (nSPS) is 30.9. The van der Waals surface area contributed by atoms with E-state index in [9.17, 15) is 8.42 Å². The summed E-state index contributed by atoms with van der Waals surface area (Å²) in [7, 11) is -2.83. The Morgan fingerprint density at radius 2 is 1.93 bits per heavy atom. The highest BCUT2D eigenvalue weighted by atomic mass is 32.2. The predicted octanol–water partition coefficient (Wildman–Crippen LogP) is 1.29. The fourth-order valence-electron chi connectivity index (χ4n) is 2.30. The van der Waals surface area contributed by atoms with Crippen LogP contribution >= 0.6 is 0 Å². The molecule has 0 aromatic heterocycles. The molecule has 0 spiro atoms. The van der Waals surface area contributed by atoms with Crippen LogP contribution in [0, 0.1) is 0 Å². The summed E-state index contributed by atoms with van der Waals surface area (Å²) < 4.78 is 22.8. The Balaban J connectivity index is 2.64. The topological polar surface area (TPSA) is 37.4 Å². The van der Waals surface area contributed by atoms with Crippen LogP contribution in [0.25, 0.3) is 0 Å². The molecule has 1 unspecified atom stereocenters. The Hall–Kier alpha value is -0.0900. The van der Waals surface area contributed by atoms with Crippen molar-refractivity contribution in [2.24, 2.45) is 0 Å². The first-order valence-electron chi connectivity index (χ1n) is 5.27. The molecule has 0 bridgehead atoms. The van der Waals surface area contributed by atoms with Gasteiger partial charge in [-0.15, -0.1) is 0 Å². The van der Waals surface area contributed by atoms with Crippen molar-refractivity contribution in [2.45, 2.75) is 50.9 Å². The summed E-state index contributed by atoms with van der Waals surface area (Å²) >= 11 is 0. The minimum absolute atomic E-state index is 0.118. The van der Waals surface area contributed by atoms with E-state index in [2.05, 4.69) is 25.7 Å². The third-order valence-electron chi connectivity index (χ3n) is 3.15. The van der Waals surface area contributed by atoms with Crippen LogP contribution in [0.4, 0.5) is 0 Å². The van der Waals surface area contributed by atoms with Gasteiger partial charge in [-0.1, -0.05) is 0 Å². The van der Waals surface area contributed by atoms with E-state index in [1.54, 1.807) is 0 Å². The van der Waals surface area contributed by atoms with E-state index in [4.69, 9.17) is 0 Å². The average Bonchev–Trinajstić information content (AvgIpc) is 2.01. The fourth-order valence-corrected chi connectivity index (χ4v) is 3.46. The van der Waals surface area contributed by atoms with Crippen LogP contribution in [0.5, 0.6) is 0 Å². The number of hydrogen-bond acceptors (Lipinski definition) is 3. The summed E-state index contributed by atoms with van der Waals surface area (Å²) in [5, 5.41) is -0.118. The van der Waals surface area contributed by atoms with Crippen molar-refractivity contribution in [3.8, 4) is 0 Å². The van der Waals surface area contributed by atoms with Gasteiger partial charge in [0.25, 0.3) is 0 Å². The van der Waals surface area contributed by atoms with Gasteiger partial charge >= 0.3 is 0 Å². The van der Waals surface area contributed by atoms with Gasteiger partial charge < -0.3 is 0 Å². The summed E-state index contributed by atoms with van der Waals surface area (Å²) in [6.07, 6.45) is 2.94. The van der Waals surface area contributed by atoms with Crippen LogP contribution in [0.15, 0.2) is 0 Å². The van der Waals surface area contributed by atoms with E-state index >= 15 is 0 Å². The Labute approximate surface area is 87.4 Å². The molecule has 0 N–H and O–H groups in total. The number of piperidine rings is 1. The SMILES string of the molecule is CC(C)N1CCC(S(C)(=O)=O)C[C@H]1C. The molecule has 0 aromatic rings. The lowest BCUT2D eigenvalue weighted by Crippen LogP contribution is -2.47. The standard InChI is InChI=1S/C10H21NO2S/c1-8(2)11-6-5-10(7-9(11)3)14(4,12)13/h8-10H,5-7H2,1-4H3/t9-,10?/m1/s1. The summed E-state index contributed by atoms with van der Waals surface area (Å²) in [6.45, 7) is 7.36. The van der Waals surface area contributed by atoms with Crippen LogP contribution in [0.1, 0.15) is 33.6 Å². The highest BCUT2D eigenvalue weighted by molar-refractivity contribution is 7.91. The minimum Gasteiger partial charge on any atom is -0.298 e. The number of nitrogens with zero attached hydrogens (tertiary/aromatic N) is 1. The maximum Gasteiger partial charge on any atom is 0.150 e. The van der Waals surface area contributed by atoms with Gasteiger partial charge in [0.05, 0.1) is 5.25 Å². The van der Waals surface area contributed by atoms with Gasteiger partial charge in [-0.2, -0.15) is 0 Å². The molecule has 0 saturated carbocycles. The predicted molar refractivity (Wildman–Crippen MR) is 59.2 cm³/mol. The highest BCUT2D eigenvalue weighted by Crippen LogP contribution is 2.23. The van der Waals surface area contributed by atoms with Gasteiger partial charge in [0.2, 0.25) is 0 Å². The number of likely N-dealkylation sites (tertiary alicyclic amines) is 1. The minimum atomic E-state index is -2.83. The molecule has 1 aliphatic rings. The zero-order chi connectivity index (χ0) is 10.9. The zero-order valence-electron chi connectivity index (χ0n) is 9.53. The van der Waals surface area contributed by atoms with Gasteiger partial charge in [-0.05, 0) is 40.2 Å². The summed E-state index contributed by atoms with van der Waals surface area (Å²) in [4.78, 5) is 2.38. The smallest absolute Gasteiger partial charge is 0.150 e. The molecule has 1 aliphatic heterocycles. The maximum absolute atomic E-state index is 11.4. The Morgan fingerprint density at radius 3 is 2.29 bits per heavy atom. The second kappa shape index (κ2) is 4.19. The van der Waals surface area contributed by atoms with Gasteiger partial charge in [-0.25, -0.2) is 8.42 Å². The molecular weight excluding hydrogens is 198 g/mol. The molecule has 3 nitrogen and oxygen atoms in total. The van der Waals surface area contributed by atoms with Crippen molar-refractivity contribution in [1.82, 2.24) is 4.90 Å². The molecule has 2 atom stereocenters. The first-order chi connectivity index (χ1) is 6.32. The van der Waals surface area contributed by atoms with E-state index in [0.717, 1.165) is 19.4 Å². The Kier molecular flexibility index (Phi) is 3.58. The van der Waals surface area contributed by atoms with Crippen molar-refractivity contribution >= 4 is 9.84 Å². The van der Waals surface area contributed by atoms with Crippen LogP contribution in [-0.2, 0) is 9.84 Å². The molecule has 4 heteroatoms. The van der Waals surface area contributed by atoms with E-state index in [0.29, 0.717) is 12.1 Å². The number of sulfone groups is 1. The molecule has 0 aromatic carbocycles. The third-order valence-corrected chi connectivity index (χ3v) is 4.79. The van der Waals surface area contributed by atoms with Crippen molar-refractivity contribution in [1.29, 1.82) is 0 Å². The summed E-state index contributed by atoms with van der Waals surface area (Å²) in [6, 6.07) is 0.911. The maximum atomic E-state index is 11.4. The van der Waals surface area contributed by atoms with Gasteiger partial charge in [-0.3, -0.25) is 4.90 Å². The van der Waals surface area contributed by atoms with Crippen LogP contribution in [-0.4, -0.2) is 43.5 Å². The van der Waals surface area contributed by atoms with E-state index in [1.807, 2.05) is 0 Å². The Bertz CT molecular complexity index is 284. The van der Waals surface area contributed by atoms with Gasteiger partial charge in [0, 0.05) is 18.3 Å². The molecule has 1 saturated heterocycles. The average molecular weight is 219 g/mol. The van der Waals surface area contributed by atoms with E-state index < -0.39 is 9.84 Å². The largest absolute Gasteiger partial charge is 0.298 e. The third kappa shape index (κ3) is 2.70. The van der Waals surface area contributed by atoms with Crippen molar-refractivity contribution in [2.75, 3.05) is 12.8 Å². The molecule has 0 radical (unpaired) electrons. The van der Waals surface area contributed by atoms with Crippen LogP contribution in [0.2, 0.25) is 0 Å². The monoisotopic (exact) mass is 219 g/mol. The van der Waals surface area contributed by atoms with Gasteiger partial charge in [0.1, 0.15) is 9.84 Å². The lowest BCUT2D eigenvalue weighted by Gasteiger charge is -2.39. The lowest BCUT2D eigenvalue weighted by atomic mass is 10.0. The molecule has 1 heterocycles. The molecule has 0 aliphatic carbocycles. The highest BCUT2D eigenvalue weighted by Gasteiger charge is 2.31. The first kappa shape index (κ1) is 12.0. The van der Waals surface area contributed by atoms with Gasteiger partial charge in [0.15, 0.2) is 0 Å². The summed E-state index contributed by atoms with van der Waals surface area (Å²) in [5.41, 5.74) is 0. The first-order valence-corrected chi connectivity index (χ1v) is 7.22. The van der Waals surface area contributed by atoms with Crippen molar-refractivity contribution < 1.29 is 8.42 Å². The second-order valence-corrected chi connectivity index (χ2v) is 6.98. The summed E-state index contributed by atoms with van der Waals surface area (Å²) in [5.74, 6) is 0. The Morgan fingerprint density at radius 1 is 1.36 bits per heavy atom.